The van der Waals surface area contributed by atoms with Crippen LogP contribution in [0.4, 0.5) is 0 Å². The van der Waals surface area contributed by atoms with E-state index >= 15 is 0 Å². The van der Waals surface area contributed by atoms with Gasteiger partial charge in [0.05, 0.1) is 23.3 Å². The minimum Gasteiger partial charge on any atom is -0.485 e. The van der Waals surface area contributed by atoms with Gasteiger partial charge in [-0.3, -0.25) is 4.98 Å². The Bertz CT molecular complexity index is 1290. The fraction of sp³-hybridized carbons (Fsp3) is 0.385. The summed E-state index contributed by atoms with van der Waals surface area (Å²) in [5, 5.41) is 19.5. The van der Waals surface area contributed by atoms with Crippen LogP contribution in [0, 0.1) is 5.92 Å². The van der Waals surface area contributed by atoms with Crippen LogP contribution in [0.5, 0.6) is 5.75 Å². The third-order valence-corrected chi connectivity index (χ3v) is 7.55. The zero-order valence-electron chi connectivity index (χ0n) is 18.6. The molecule has 4 atom stereocenters. The largest absolute Gasteiger partial charge is 0.485 e. The fourth-order valence-corrected chi connectivity index (χ4v) is 5.65. The number of oxime groups is 1. The number of benzene rings is 2. The number of nitrogens with zero attached hydrogens (tertiary/aromatic N) is 2. The van der Waals surface area contributed by atoms with Crippen molar-refractivity contribution in [3.8, 4) is 16.9 Å². The molecule has 1 saturated heterocycles. The highest BCUT2D eigenvalue weighted by atomic mass is 35.5. The van der Waals surface area contributed by atoms with E-state index in [1.54, 1.807) is 13.1 Å². The second kappa shape index (κ2) is 7.69. The molecule has 2 aromatic carbocycles. The number of piperidine rings is 1. The van der Waals surface area contributed by atoms with Crippen LogP contribution in [0.25, 0.3) is 22.0 Å². The van der Waals surface area contributed by atoms with Gasteiger partial charge in [0, 0.05) is 53.7 Å². The van der Waals surface area contributed by atoms with E-state index in [1.807, 2.05) is 36.4 Å². The molecule has 3 aliphatic rings. The lowest BCUT2D eigenvalue weighted by Gasteiger charge is -2.35. The standard InChI is InChI=1S/C26H26ClN3O3/c1-14(31)15-3-4-19-18(5-8-29-23(19)10-15)20-12-17(27)9-16-11-24(32-25(16)20)26(2)21-13-28-7-6-22(21)30-33-26/h3-5,8-10,12,14,21,24,28,31H,6-7,11,13H2,1-2H3/t14?,21?,24-,26?/m1/s1. The molecule has 0 spiro atoms. The Hall–Kier alpha value is -2.67. The number of hydrogen-bond acceptors (Lipinski definition) is 6. The number of halogens is 1. The molecule has 1 aromatic heterocycles. The first kappa shape index (κ1) is 20.9. The van der Waals surface area contributed by atoms with Gasteiger partial charge < -0.3 is 20.0 Å². The number of aliphatic hydroxyl groups is 1. The maximum atomic E-state index is 9.98. The topological polar surface area (TPSA) is 76.0 Å². The Morgan fingerprint density at radius 1 is 1.21 bits per heavy atom. The predicted octanol–water partition coefficient (Wildman–Crippen LogP) is 4.67. The van der Waals surface area contributed by atoms with Crippen LogP contribution >= 0.6 is 11.6 Å². The van der Waals surface area contributed by atoms with Gasteiger partial charge in [0.15, 0.2) is 5.60 Å². The summed E-state index contributed by atoms with van der Waals surface area (Å²) in [6, 6.07) is 11.8. The van der Waals surface area contributed by atoms with Gasteiger partial charge in [-0.25, -0.2) is 0 Å². The molecule has 4 heterocycles. The molecule has 170 valence electrons. The van der Waals surface area contributed by atoms with Crippen LogP contribution in [0.2, 0.25) is 5.02 Å². The average molecular weight is 464 g/mol. The Balaban J connectivity index is 1.41. The minimum absolute atomic E-state index is 0.161. The normalized spacial score (nSPS) is 26.8. The number of ether oxygens (including phenoxy) is 1. The Kier molecular flexibility index (Phi) is 4.87. The number of fused-ring (bicyclic) bond motifs is 3. The smallest absolute Gasteiger partial charge is 0.181 e. The maximum absolute atomic E-state index is 9.98. The van der Waals surface area contributed by atoms with Crippen molar-refractivity contribution in [3.05, 3.63) is 58.7 Å². The van der Waals surface area contributed by atoms with Gasteiger partial charge in [0.1, 0.15) is 11.9 Å². The summed E-state index contributed by atoms with van der Waals surface area (Å²) in [5.74, 6) is 1.05. The van der Waals surface area contributed by atoms with Gasteiger partial charge in [-0.05, 0) is 49.2 Å². The van der Waals surface area contributed by atoms with E-state index in [0.29, 0.717) is 11.4 Å². The number of hydrogen-bond donors (Lipinski definition) is 2. The maximum Gasteiger partial charge on any atom is 0.181 e. The van der Waals surface area contributed by atoms with Gasteiger partial charge in [-0.2, -0.15) is 0 Å². The Labute approximate surface area is 197 Å². The van der Waals surface area contributed by atoms with E-state index < -0.39 is 11.7 Å². The number of nitrogens with one attached hydrogen (secondary N) is 1. The number of aliphatic hydroxyl groups excluding tert-OH is 1. The van der Waals surface area contributed by atoms with Crippen LogP contribution in [0.3, 0.4) is 0 Å². The summed E-state index contributed by atoms with van der Waals surface area (Å²) in [5.41, 5.74) is 5.29. The lowest BCUT2D eigenvalue weighted by atomic mass is 9.78. The third kappa shape index (κ3) is 3.31. The van der Waals surface area contributed by atoms with Crippen LogP contribution in [-0.2, 0) is 11.3 Å². The SMILES string of the molecule is CC(O)c1ccc2c(-c3cc(Cl)cc4c3O[C@@H](C3(C)ON=C5CCNCC53)C4)ccnc2c1. The summed E-state index contributed by atoms with van der Waals surface area (Å²) in [7, 11) is 0. The van der Waals surface area contributed by atoms with Crippen molar-refractivity contribution >= 4 is 28.2 Å². The molecule has 3 aliphatic heterocycles. The van der Waals surface area contributed by atoms with Crippen molar-refractivity contribution in [3.63, 3.8) is 0 Å². The van der Waals surface area contributed by atoms with E-state index in [1.165, 1.54) is 0 Å². The van der Waals surface area contributed by atoms with Crippen molar-refractivity contribution in [2.75, 3.05) is 13.1 Å². The highest BCUT2D eigenvalue weighted by Gasteiger charge is 2.54. The van der Waals surface area contributed by atoms with Crippen molar-refractivity contribution in [2.45, 2.75) is 44.5 Å². The third-order valence-electron chi connectivity index (χ3n) is 7.33. The van der Waals surface area contributed by atoms with Crippen molar-refractivity contribution in [1.82, 2.24) is 10.3 Å². The van der Waals surface area contributed by atoms with Gasteiger partial charge in [0.25, 0.3) is 0 Å². The molecule has 0 bridgehead atoms. The monoisotopic (exact) mass is 463 g/mol. The lowest BCUT2D eigenvalue weighted by molar-refractivity contribution is -0.0967. The van der Waals surface area contributed by atoms with Crippen molar-refractivity contribution in [1.29, 1.82) is 0 Å². The number of rotatable bonds is 3. The van der Waals surface area contributed by atoms with E-state index in [-0.39, 0.29) is 12.0 Å². The zero-order chi connectivity index (χ0) is 22.7. The highest BCUT2D eigenvalue weighted by molar-refractivity contribution is 6.31. The first-order valence-electron chi connectivity index (χ1n) is 11.5. The molecule has 0 radical (unpaired) electrons. The van der Waals surface area contributed by atoms with Crippen molar-refractivity contribution in [2.24, 2.45) is 11.1 Å². The fourth-order valence-electron chi connectivity index (χ4n) is 5.41. The molecule has 0 amide bonds. The summed E-state index contributed by atoms with van der Waals surface area (Å²) >= 11 is 6.58. The number of aromatic nitrogens is 1. The number of pyridine rings is 1. The van der Waals surface area contributed by atoms with Gasteiger partial charge in [0.2, 0.25) is 0 Å². The Morgan fingerprint density at radius 3 is 2.94 bits per heavy atom. The molecule has 2 N–H and O–H groups in total. The first-order valence-corrected chi connectivity index (χ1v) is 11.8. The van der Waals surface area contributed by atoms with Crippen molar-refractivity contribution < 1.29 is 14.7 Å². The molecule has 33 heavy (non-hydrogen) atoms. The van der Waals surface area contributed by atoms with E-state index in [2.05, 4.69) is 22.4 Å². The predicted molar refractivity (Wildman–Crippen MR) is 129 cm³/mol. The van der Waals surface area contributed by atoms with E-state index in [4.69, 9.17) is 21.2 Å². The van der Waals surface area contributed by atoms with Crippen LogP contribution in [-0.4, -0.2) is 40.6 Å². The second-order valence-corrected chi connectivity index (χ2v) is 9.86. The molecule has 6 nitrogen and oxygen atoms in total. The van der Waals surface area contributed by atoms with Gasteiger partial charge in [-0.15, -0.1) is 0 Å². The van der Waals surface area contributed by atoms with Crippen LogP contribution in [0.1, 0.15) is 37.5 Å². The molecule has 6 rings (SSSR count). The molecule has 1 fully saturated rings. The second-order valence-electron chi connectivity index (χ2n) is 9.43. The van der Waals surface area contributed by atoms with Crippen LogP contribution < -0.4 is 10.1 Å². The Morgan fingerprint density at radius 2 is 2.09 bits per heavy atom. The summed E-state index contributed by atoms with van der Waals surface area (Å²) in [6.45, 7) is 5.65. The van der Waals surface area contributed by atoms with Gasteiger partial charge in [-0.1, -0.05) is 28.9 Å². The molecule has 0 aliphatic carbocycles. The lowest BCUT2D eigenvalue weighted by Crippen LogP contribution is -2.54. The molecular formula is C26H26ClN3O3. The quantitative estimate of drug-likeness (QED) is 0.590. The first-order chi connectivity index (χ1) is 15.9. The van der Waals surface area contributed by atoms with E-state index in [0.717, 1.165) is 64.1 Å². The summed E-state index contributed by atoms with van der Waals surface area (Å²) in [4.78, 5) is 10.6. The molecule has 0 saturated carbocycles. The molecule has 7 heteroatoms. The molecule has 3 unspecified atom stereocenters. The molecule has 3 aromatic rings. The molecular weight excluding hydrogens is 438 g/mol. The summed E-state index contributed by atoms with van der Waals surface area (Å²) in [6.07, 6.45) is 2.71. The highest BCUT2D eigenvalue weighted by Crippen LogP contribution is 2.48. The minimum atomic E-state index is -0.548. The summed E-state index contributed by atoms with van der Waals surface area (Å²) < 4.78 is 6.65. The average Bonchev–Trinajstić information content (AvgIpc) is 3.40. The zero-order valence-corrected chi connectivity index (χ0v) is 19.4. The van der Waals surface area contributed by atoms with Crippen LogP contribution in [0.15, 0.2) is 47.8 Å². The van der Waals surface area contributed by atoms with E-state index in [9.17, 15) is 5.11 Å². The van der Waals surface area contributed by atoms with Gasteiger partial charge >= 0.3 is 0 Å².